The van der Waals surface area contributed by atoms with Crippen LogP contribution in [-0.2, 0) is 22.6 Å². The zero-order chi connectivity index (χ0) is 27.9. The number of aromatic amines is 1. The number of para-hydroxylation sites is 1. The number of fused-ring (bicyclic) bond motifs is 1. The molecule has 1 aromatic heterocycles. The third-order valence-corrected chi connectivity index (χ3v) is 7.79. The summed E-state index contributed by atoms with van der Waals surface area (Å²) in [4.78, 5) is 45.5. The lowest BCUT2D eigenvalue weighted by Crippen LogP contribution is -2.54. The standard InChI is InChI=1S/C33H36N4O3/c1-37(22-24-14-6-3-7-15-24)33(40)30(20-23-12-4-2-5-13-23)36-31(38)26-17-9-11-19-29(26)35-32(39)27-21-34-28-18-10-8-16-25(27)28/h2-8,10,12-16,18,21,26,29-30,34H,9,11,17,19-20,22H2,1H3,(H,35,39)(H,36,38)/t26-,29+,30+/m1/s1. The highest BCUT2D eigenvalue weighted by atomic mass is 16.2. The van der Waals surface area contributed by atoms with E-state index in [0.29, 0.717) is 24.9 Å². The van der Waals surface area contributed by atoms with E-state index in [2.05, 4.69) is 15.6 Å². The molecule has 1 saturated carbocycles. The van der Waals surface area contributed by atoms with Gasteiger partial charge in [0, 0.05) is 43.2 Å². The minimum absolute atomic E-state index is 0.142. The Bertz CT molecular complexity index is 1450. The quantitative estimate of drug-likeness (QED) is 0.286. The lowest BCUT2D eigenvalue weighted by molar-refractivity contribution is -0.137. The number of hydrogen-bond donors (Lipinski definition) is 3. The van der Waals surface area contributed by atoms with Gasteiger partial charge in [-0.3, -0.25) is 14.4 Å². The van der Waals surface area contributed by atoms with Gasteiger partial charge in [0.2, 0.25) is 11.8 Å². The molecule has 1 heterocycles. The van der Waals surface area contributed by atoms with Crippen LogP contribution in [-0.4, -0.2) is 46.7 Å². The van der Waals surface area contributed by atoms with Crippen molar-refractivity contribution in [1.29, 1.82) is 0 Å². The van der Waals surface area contributed by atoms with Crippen LogP contribution in [0.2, 0.25) is 0 Å². The normalized spacial score (nSPS) is 17.6. The minimum Gasteiger partial charge on any atom is -0.360 e. The number of rotatable bonds is 9. The summed E-state index contributed by atoms with van der Waals surface area (Å²) in [6.45, 7) is 0.452. The van der Waals surface area contributed by atoms with Crippen molar-refractivity contribution in [2.75, 3.05) is 7.05 Å². The first kappa shape index (κ1) is 27.2. The number of hydrogen-bond acceptors (Lipinski definition) is 3. The molecular formula is C33H36N4O3. The monoisotopic (exact) mass is 536 g/mol. The molecule has 40 heavy (non-hydrogen) atoms. The van der Waals surface area contributed by atoms with Gasteiger partial charge >= 0.3 is 0 Å². The molecule has 1 aliphatic rings. The van der Waals surface area contributed by atoms with Crippen LogP contribution >= 0.6 is 0 Å². The number of nitrogens with one attached hydrogen (secondary N) is 3. The van der Waals surface area contributed by atoms with E-state index < -0.39 is 12.0 Å². The van der Waals surface area contributed by atoms with E-state index in [9.17, 15) is 14.4 Å². The van der Waals surface area contributed by atoms with E-state index >= 15 is 0 Å². The molecule has 0 saturated heterocycles. The molecule has 3 aromatic carbocycles. The third-order valence-electron chi connectivity index (χ3n) is 7.79. The number of carbonyl (C=O) groups excluding carboxylic acids is 3. The predicted octanol–water partition coefficient (Wildman–Crippen LogP) is 4.84. The van der Waals surface area contributed by atoms with Gasteiger partial charge in [-0.1, -0.05) is 91.7 Å². The molecule has 0 aliphatic heterocycles. The number of carbonyl (C=O) groups is 3. The van der Waals surface area contributed by atoms with E-state index in [0.717, 1.165) is 41.3 Å². The Morgan fingerprint density at radius 3 is 2.27 bits per heavy atom. The molecule has 3 atom stereocenters. The Hall–Kier alpha value is -4.39. The molecule has 206 valence electrons. The van der Waals surface area contributed by atoms with Crippen molar-refractivity contribution in [2.45, 2.75) is 50.7 Å². The highest BCUT2D eigenvalue weighted by Gasteiger charge is 2.35. The average Bonchev–Trinajstić information content (AvgIpc) is 3.42. The summed E-state index contributed by atoms with van der Waals surface area (Å²) >= 11 is 0. The van der Waals surface area contributed by atoms with Gasteiger partial charge in [-0.15, -0.1) is 0 Å². The largest absolute Gasteiger partial charge is 0.360 e. The molecule has 3 N–H and O–H groups in total. The second kappa shape index (κ2) is 12.6. The van der Waals surface area contributed by atoms with Gasteiger partial charge in [0.1, 0.15) is 6.04 Å². The summed E-state index contributed by atoms with van der Waals surface area (Å²) in [5.74, 6) is -0.933. The second-order valence-corrected chi connectivity index (χ2v) is 10.6. The van der Waals surface area contributed by atoms with E-state index in [1.54, 1.807) is 18.1 Å². The van der Waals surface area contributed by atoms with Crippen molar-refractivity contribution in [3.63, 3.8) is 0 Å². The highest BCUT2D eigenvalue weighted by molar-refractivity contribution is 6.07. The van der Waals surface area contributed by atoms with Crippen LogP contribution in [0.1, 0.15) is 47.2 Å². The number of H-pyrrole nitrogens is 1. The molecule has 0 bridgehead atoms. The lowest BCUT2D eigenvalue weighted by atomic mass is 9.83. The maximum Gasteiger partial charge on any atom is 0.253 e. The number of likely N-dealkylation sites (N-methyl/N-ethyl adjacent to an activating group) is 1. The molecule has 5 rings (SSSR count). The van der Waals surface area contributed by atoms with Crippen molar-refractivity contribution in [3.05, 3.63) is 108 Å². The maximum atomic E-state index is 13.7. The Labute approximate surface area is 235 Å². The van der Waals surface area contributed by atoms with Gasteiger partial charge in [-0.2, -0.15) is 0 Å². The number of nitrogens with zero attached hydrogens (tertiary/aromatic N) is 1. The van der Waals surface area contributed by atoms with Crippen molar-refractivity contribution in [1.82, 2.24) is 20.5 Å². The molecule has 0 radical (unpaired) electrons. The first-order valence-electron chi connectivity index (χ1n) is 14.0. The summed E-state index contributed by atoms with van der Waals surface area (Å²) in [6.07, 6.45) is 5.34. The summed E-state index contributed by atoms with van der Waals surface area (Å²) in [5, 5.41) is 7.07. The fraction of sp³-hybridized carbons (Fsp3) is 0.303. The SMILES string of the molecule is CN(Cc1ccccc1)C(=O)[C@H](Cc1ccccc1)NC(=O)[C@@H]1CCCC[C@@H]1NC(=O)c1c[nH]c2ccccc12. The molecule has 0 unspecified atom stereocenters. The van der Waals surface area contributed by atoms with Gasteiger partial charge < -0.3 is 20.5 Å². The fourth-order valence-corrected chi connectivity index (χ4v) is 5.65. The van der Waals surface area contributed by atoms with Crippen LogP contribution in [0.4, 0.5) is 0 Å². The van der Waals surface area contributed by atoms with Crippen LogP contribution in [0, 0.1) is 5.92 Å². The van der Waals surface area contributed by atoms with Gasteiger partial charge in [0.05, 0.1) is 11.5 Å². The van der Waals surface area contributed by atoms with E-state index in [1.807, 2.05) is 84.9 Å². The predicted molar refractivity (Wildman–Crippen MR) is 157 cm³/mol. The van der Waals surface area contributed by atoms with Crippen molar-refractivity contribution in [2.24, 2.45) is 5.92 Å². The van der Waals surface area contributed by atoms with Gasteiger partial charge in [-0.05, 0) is 30.0 Å². The first-order valence-corrected chi connectivity index (χ1v) is 14.0. The fourth-order valence-electron chi connectivity index (χ4n) is 5.65. The van der Waals surface area contributed by atoms with Crippen molar-refractivity contribution >= 4 is 28.6 Å². The van der Waals surface area contributed by atoms with Gasteiger partial charge in [0.25, 0.3) is 5.91 Å². The average molecular weight is 537 g/mol. The molecule has 0 spiro atoms. The van der Waals surface area contributed by atoms with Crippen LogP contribution < -0.4 is 10.6 Å². The lowest BCUT2D eigenvalue weighted by Gasteiger charge is -2.33. The Kier molecular flexibility index (Phi) is 8.59. The summed E-state index contributed by atoms with van der Waals surface area (Å²) in [5.41, 5.74) is 3.46. The van der Waals surface area contributed by atoms with E-state index in [4.69, 9.17) is 0 Å². The zero-order valence-electron chi connectivity index (χ0n) is 22.8. The number of amides is 3. The summed E-state index contributed by atoms with van der Waals surface area (Å²) < 4.78 is 0. The highest BCUT2D eigenvalue weighted by Crippen LogP contribution is 2.26. The van der Waals surface area contributed by atoms with Gasteiger partial charge in [0.15, 0.2) is 0 Å². The van der Waals surface area contributed by atoms with Crippen molar-refractivity contribution < 1.29 is 14.4 Å². The summed E-state index contributed by atoms with van der Waals surface area (Å²) in [7, 11) is 1.77. The van der Waals surface area contributed by atoms with Crippen LogP contribution in [0.3, 0.4) is 0 Å². The second-order valence-electron chi connectivity index (χ2n) is 10.6. The molecule has 4 aromatic rings. The smallest absolute Gasteiger partial charge is 0.253 e. The molecule has 1 aliphatic carbocycles. The Balaban J connectivity index is 1.31. The Morgan fingerprint density at radius 2 is 1.52 bits per heavy atom. The third kappa shape index (κ3) is 6.42. The molecular weight excluding hydrogens is 500 g/mol. The zero-order valence-corrected chi connectivity index (χ0v) is 22.8. The Morgan fingerprint density at radius 1 is 0.875 bits per heavy atom. The summed E-state index contributed by atoms with van der Waals surface area (Å²) in [6, 6.07) is 26.2. The first-order chi connectivity index (χ1) is 19.5. The topological polar surface area (TPSA) is 94.3 Å². The van der Waals surface area contributed by atoms with E-state index in [-0.39, 0.29) is 23.8 Å². The van der Waals surface area contributed by atoms with Gasteiger partial charge in [-0.25, -0.2) is 0 Å². The van der Waals surface area contributed by atoms with Crippen LogP contribution in [0.15, 0.2) is 91.1 Å². The maximum absolute atomic E-state index is 13.7. The number of benzene rings is 3. The van der Waals surface area contributed by atoms with Crippen molar-refractivity contribution in [3.8, 4) is 0 Å². The molecule has 7 heteroatoms. The van der Waals surface area contributed by atoms with E-state index in [1.165, 1.54) is 0 Å². The molecule has 3 amide bonds. The molecule has 1 fully saturated rings. The number of aromatic nitrogens is 1. The molecule has 7 nitrogen and oxygen atoms in total. The van der Waals surface area contributed by atoms with Crippen LogP contribution in [0.25, 0.3) is 10.9 Å². The minimum atomic E-state index is -0.712. The van der Waals surface area contributed by atoms with Crippen LogP contribution in [0.5, 0.6) is 0 Å².